The number of hydrogen-bond acceptors (Lipinski definition) is 3. The van der Waals surface area contributed by atoms with E-state index in [1.165, 1.54) is 0 Å². The molecule has 0 amide bonds. The van der Waals surface area contributed by atoms with Crippen molar-refractivity contribution in [2.45, 2.75) is 26.5 Å². The molecule has 118 valence electrons. The van der Waals surface area contributed by atoms with Crippen LogP contribution < -0.4 is 5.32 Å². The molecule has 0 aliphatic carbocycles. The Morgan fingerprint density at radius 1 is 1.26 bits per heavy atom. The van der Waals surface area contributed by atoms with Gasteiger partial charge in [-0.2, -0.15) is 0 Å². The molecule has 0 spiro atoms. The number of aliphatic hydroxyl groups is 1. The molecule has 1 heterocycles. The molecule has 3 rings (SSSR count). The highest BCUT2D eigenvalue weighted by atomic mass is 16.3. The van der Waals surface area contributed by atoms with E-state index in [-0.39, 0.29) is 24.3 Å². The molecule has 2 N–H and O–H groups in total. The standard InChI is InChI=1S/C20H21NO2/c1-13-7-8-16(12-22)17(11-13)20(23)14(2)18-10-9-15-5-3-4-6-19(15)21-18/h3-11,14,18,21-22H,12H2,1-2H3. The number of ketones is 1. The first-order valence-corrected chi connectivity index (χ1v) is 7.88. The smallest absolute Gasteiger partial charge is 0.168 e. The van der Waals surface area contributed by atoms with E-state index >= 15 is 0 Å². The van der Waals surface area contributed by atoms with E-state index < -0.39 is 0 Å². The molecule has 1 aliphatic rings. The van der Waals surface area contributed by atoms with Crippen molar-refractivity contribution in [1.82, 2.24) is 0 Å². The van der Waals surface area contributed by atoms with Gasteiger partial charge in [-0.3, -0.25) is 4.79 Å². The Morgan fingerprint density at radius 3 is 2.83 bits per heavy atom. The van der Waals surface area contributed by atoms with Crippen molar-refractivity contribution in [3.05, 3.63) is 70.8 Å². The Bertz CT molecular complexity index is 764. The number of aliphatic hydroxyl groups excluding tert-OH is 1. The van der Waals surface area contributed by atoms with Crippen LogP contribution in [0.25, 0.3) is 6.08 Å². The van der Waals surface area contributed by atoms with Crippen LogP contribution in [0.4, 0.5) is 5.69 Å². The average Bonchev–Trinajstić information content (AvgIpc) is 2.60. The van der Waals surface area contributed by atoms with E-state index in [1.807, 2.05) is 62.4 Å². The summed E-state index contributed by atoms with van der Waals surface area (Å²) in [6, 6.07) is 13.6. The second kappa shape index (κ2) is 6.39. The van der Waals surface area contributed by atoms with Crippen LogP contribution in [0.3, 0.4) is 0 Å². The Morgan fingerprint density at radius 2 is 2.04 bits per heavy atom. The lowest BCUT2D eigenvalue weighted by Gasteiger charge is -2.27. The van der Waals surface area contributed by atoms with Gasteiger partial charge in [0.2, 0.25) is 0 Å². The Labute approximate surface area is 136 Å². The van der Waals surface area contributed by atoms with Crippen molar-refractivity contribution in [3.63, 3.8) is 0 Å². The molecule has 2 atom stereocenters. The lowest BCUT2D eigenvalue weighted by Crippen LogP contribution is -2.33. The zero-order valence-corrected chi connectivity index (χ0v) is 13.4. The first-order chi connectivity index (χ1) is 11.1. The van der Waals surface area contributed by atoms with Gasteiger partial charge in [0.25, 0.3) is 0 Å². The maximum atomic E-state index is 12.9. The quantitative estimate of drug-likeness (QED) is 0.844. The maximum absolute atomic E-state index is 12.9. The second-order valence-electron chi connectivity index (χ2n) is 6.09. The summed E-state index contributed by atoms with van der Waals surface area (Å²) in [5.74, 6) is -0.161. The zero-order chi connectivity index (χ0) is 16.4. The number of benzene rings is 2. The van der Waals surface area contributed by atoms with E-state index in [4.69, 9.17) is 0 Å². The predicted molar refractivity (Wildman–Crippen MR) is 93.5 cm³/mol. The van der Waals surface area contributed by atoms with E-state index in [2.05, 4.69) is 11.4 Å². The molecular weight excluding hydrogens is 286 g/mol. The molecule has 2 unspecified atom stereocenters. The van der Waals surface area contributed by atoms with Crippen LogP contribution >= 0.6 is 0 Å². The molecule has 3 nitrogen and oxygen atoms in total. The second-order valence-corrected chi connectivity index (χ2v) is 6.09. The van der Waals surface area contributed by atoms with Gasteiger partial charge in [0, 0.05) is 17.2 Å². The lowest BCUT2D eigenvalue weighted by atomic mass is 9.87. The van der Waals surface area contributed by atoms with Gasteiger partial charge < -0.3 is 10.4 Å². The van der Waals surface area contributed by atoms with Gasteiger partial charge in [-0.05, 0) is 30.2 Å². The van der Waals surface area contributed by atoms with Crippen LogP contribution in [-0.4, -0.2) is 16.9 Å². The average molecular weight is 307 g/mol. The number of aryl methyl sites for hydroxylation is 1. The van der Waals surface area contributed by atoms with Crippen LogP contribution in [0, 0.1) is 12.8 Å². The van der Waals surface area contributed by atoms with Crippen LogP contribution in [0.15, 0.2) is 48.5 Å². The first kappa shape index (κ1) is 15.5. The summed E-state index contributed by atoms with van der Waals surface area (Å²) in [6.07, 6.45) is 4.10. The fourth-order valence-corrected chi connectivity index (χ4v) is 2.97. The summed E-state index contributed by atoms with van der Waals surface area (Å²) in [6.45, 7) is 3.77. The molecule has 0 saturated heterocycles. The van der Waals surface area contributed by atoms with Crippen molar-refractivity contribution in [2.75, 3.05) is 5.32 Å². The molecule has 0 bridgehead atoms. The summed E-state index contributed by atoms with van der Waals surface area (Å²) >= 11 is 0. The summed E-state index contributed by atoms with van der Waals surface area (Å²) in [7, 11) is 0. The normalized spacial score (nSPS) is 17.3. The van der Waals surface area contributed by atoms with Gasteiger partial charge in [-0.25, -0.2) is 0 Å². The number of para-hydroxylation sites is 1. The molecule has 0 fully saturated rings. The molecule has 1 aliphatic heterocycles. The zero-order valence-electron chi connectivity index (χ0n) is 13.4. The van der Waals surface area contributed by atoms with Crippen molar-refractivity contribution < 1.29 is 9.90 Å². The van der Waals surface area contributed by atoms with Gasteiger partial charge in [-0.1, -0.05) is 55.0 Å². The third kappa shape index (κ3) is 3.06. The van der Waals surface area contributed by atoms with Gasteiger partial charge in [0.1, 0.15) is 0 Å². The maximum Gasteiger partial charge on any atom is 0.168 e. The molecule has 0 aromatic heterocycles. The topological polar surface area (TPSA) is 49.3 Å². The fraction of sp³-hybridized carbons (Fsp3) is 0.250. The number of hydrogen-bond donors (Lipinski definition) is 2. The predicted octanol–water partition coefficient (Wildman–Crippen LogP) is 3.81. The molecule has 2 aromatic rings. The number of Topliss-reactive ketones (excluding diaryl/α,β-unsaturated/α-hetero) is 1. The summed E-state index contributed by atoms with van der Waals surface area (Å²) < 4.78 is 0. The van der Waals surface area contributed by atoms with E-state index in [1.54, 1.807) is 0 Å². The number of carbonyl (C=O) groups is 1. The molecule has 2 aromatic carbocycles. The highest BCUT2D eigenvalue weighted by molar-refractivity contribution is 6.00. The van der Waals surface area contributed by atoms with Crippen molar-refractivity contribution >= 4 is 17.5 Å². The van der Waals surface area contributed by atoms with Crippen molar-refractivity contribution in [1.29, 1.82) is 0 Å². The molecule has 23 heavy (non-hydrogen) atoms. The largest absolute Gasteiger partial charge is 0.392 e. The Balaban J connectivity index is 1.86. The number of rotatable bonds is 4. The third-order valence-corrected chi connectivity index (χ3v) is 4.42. The van der Waals surface area contributed by atoms with Gasteiger partial charge in [0.15, 0.2) is 5.78 Å². The minimum absolute atomic E-state index is 0.0514. The van der Waals surface area contributed by atoms with Crippen LogP contribution in [-0.2, 0) is 6.61 Å². The molecule has 0 saturated carbocycles. The molecular formula is C20H21NO2. The Hall–Kier alpha value is -2.39. The van der Waals surface area contributed by atoms with Crippen LogP contribution in [0.5, 0.6) is 0 Å². The van der Waals surface area contributed by atoms with E-state index in [9.17, 15) is 9.90 Å². The third-order valence-electron chi connectivity index (χ3n) is 4.42. The number of fused-ring (bicyclic) bond motifs is 1. The fourth-order valence-electron chi connectivity index (χ4n) is 2.97. The van der Waals surface area contributed by atoms with Crippen molar-refractivity contribution in [3.8, 4) is 0 Å². The minimum Gasteiger partial charge on any atom is -0.392 e. The van der Waals surface area contributed by atoms with E-state index in [0.717, 1.165) is 16.8 Å². The number of anilines is 1. The number of carbonyl (C=O) groups excluding carboxylic acids is 1. The van der Waals surface area contributed by atoms with Crippen LogP contribution in [0.1, 0.15) is 34.0 Å². The summed E-state index contributed by atoms with van der Waals surface area (Å²) in [5, 5.41) is 12.9. The Kier molecular flexibility index (Phi) is 4.30. The SMILES string of the molecule is Cc1ccc(CO)c(C(=O)C(C)C2C=Cc3ccccc3N2)c1. The van der Waals surface area contributed by atoms with Crippen molar-refractivity contribution in [2.24, 2.45) is 5.92 Å². The van der Waals surface area contributed by atoms with Gasteiger partial charge in [-0.15, -0.1) is 0 Å². The van der Waals surface area contributed by atoms with Gasteiger partial charge >= 0.3 is 0 Å². The summed E-state index contributed by atoms with van der Waals surface area (Å²) in [5.41, 5.74) is 4.51. The first-order valence-electron chi connectivity index (χ1n) is 7.88. The van der Waals surface area contributed by atoms with Gasteiger partial charge in [0.05, 0.1) is 12.6 Å². The van der Waals surface area contributed by atoms with Crippen LogP contribution in [0.2, 0.25) is 0 Å². The minimum atomic E-state index is -0.216. The monoisotopic (exact) mass is 307 g/mol. The molecule has 0 radical (unpaired) electrons. The van der Waals surface area contributed by atoms with E-state index in [0.29, 0.717) is 11.1 Å². The highest BCUT2D eigenvalue weighted by Crippen LogP contribution is 2.27. The highest BCUT2D eigenvalue weighted by Gasteiger charge is 2.26. The lowest BCUT2D eigenvalue weighted by molar-refractivity contribution is 0.0922. The molecule has 3 heteroatoms. The number of nitrogens with one attached hydrogen (secondary N) is 1. The summed E-state index contributed by atoms with van der Waals surface area (Å²) in [4.78, 5) is 12.9.